The van der Waals surface area contributed by atoms with Gasteiger partial charge in [0.25, 0.3) is 0 Å². The van der Waals surface area contributed by atoms with Crippen molar-refractivity contribution in [1.29, 1.82) is 0 Å². The molecular formula is C16H34FN. The summed E-state index contributed by atoms with van der Waals surface area (Å²) in [5, 5.41) is 0. The van der Waals surface area contributed by atoms with E-state index in [-0.39, 0.29) is 4.70 Å². The Balaban J connectivity index is 0.00000289. The summed E-state index contributed by atoms with van der Waals surface area (Å²) in [6.07, 6.45) is 14.6. The lowest BCUT2D eigenvalue weighted by molar-refractivity contribution is -0.931. The summed E-state index contributed by atoms with van der Waals surface area (Å²) in [5.74, 6) is 0. The van der Waals surface area contributed by atoms with E-state index in [1.807, 2.05) is 0 Å². The molecule has 0 radical (unpaired) electrons. The van der Waals surface area contributed by atoms with Crippen molar-refractivity contribution in [1.82, 2.24) is 0 Å². The largest absolute Gasteiger partial charge is 1.00 e. The lowest BCUT2D eigenvalue weighted by Gasteiger charge is -2.41. The third-order valence-corrected chi connectivity index (χ3v) is 4.67. The molecule has 0 aliphatic carbocycles. The highest BCUT2D eigenvalue weighted by atomic mass is 19.0. The first-order valence-electron chi connectivity index (χ1n) is 8.18. The van der Waals surface area contributed by atoms with Crippen LogP contribution in [0, 0.1) is 0 Å². The molecule has 1 saturated heterocycles. The number of piperidine rings is 1. The number of likely N-dealkylation sites (tertiary alicyclic amines) is 1. The smallest absolute Gasteiger partial charge is 0.0786 e. The second-order valence-corrected chi connectivity index (χ2v) is 6.01. The average molecular weight is 259 g/mol. The van der Waals surface area contributed by atoms with Gasteiger partial charge >= 0.3 is 0 Å². The van der Waals surface area contributed by atoms with Crippen LogP contribution in [0.15, 0.2) is 0 Å². The molecule has 0 N–H and O–H groups in total. The van der Waals surface area contributed by atoms with Gasteiger partial charge in [-0.3, -0.25) is 0 Å². The van der Waals surface area contributed by atoms with Crippen LogP contribution in [0.5, 0.6) is 0 Å². The van der Waals surface area contributed by atoms with Crippen molar-refractivity contribution in [3.8, 4) is 0 Å². The van der Waals surface area contributed by atoms with Crippen molar-refractivity contribution in [2.24, 2.45) is 0 Å². The molecular weight excluding hydrogens is 225 g/mol. The predicted molar refractivity (Wildman–Crippen MR) is 77.2 cm³/mol. The van der Waals surface area contributed by atoms with Crippen molar-refractivity contribution in [3.63, 3.8) is 0 Å². The second-order valence-electron chi connectivity index (χ2n) is 6.01. The summed E-state index contributed by atoms with van der Waals surface area (Å²) in [6.45, 7) is 10.5. The topological polar surface area (TPSA) is 0 Å². The van der Waals surface area contributed by atoms with Gasteiger partial charge in [-0.1, -0.05) is 39.0 Å². The maximum Gasteiger partial charge on any atom is 0.0786 e. The summed E-state index contributed by atoms with van der Waals surface area (Å²) in [5.41, 5.74) is 0. The predicted octanol–water partition coefficient (Wildman–Crippen LogP) is 1.76. The first-order valence-corrected chi connectivity index (χ1v) is 8.18. The van der Waals surface area contributed by atoms with Gasteiger partial charge in [0.15, 0.2) is 0 Å². The van der Waals surface area contributed by atoms with Crippen molar-refractivity contribution >= 4 is 0 Å². The number of quaternary nitrogens is 1. The van der Waals surface area contributed by atoms with Crippen LogP contribution in [0.2, 0.25) is 0 Å². The van der Waals surface area contributed by atoms with Gasteiger partial charge in [0.2, 0.25) is 0 Å². The van der Waals surface area contributed by atoms with Crippen molar-refractivity contribution in [3.05, 3.63) is 0 Å². The molecule has 0 unspecified atom stereocenters. The zero-order chi connectivity index (χ0) is 12.4. The van der Waals surface area contributed by atoms with Crippen LogP contribution >= 0.6 is 0 Å². The van der Waals surface area contributed by atoms with Gasteiger partial charge in [0, 0.05) is 0 Å². The van der Waals surface area contributed by atoms with E-state index in [9.17, 15) is 0 Å². The molecule has 0 spiro atoms. The fourth-order valence-corrected chi connectivity index (χ4v) is 3.29. The minimum atomic E-state index is 0. The van der Waals surface area contributed by atoms with Gasteiger partial charge < -0.3 is 9.19 Å². The van der Waals surface area contributed by atoms with E-state index in [4.69, 9.17) is 0 Å². The summed E-state index contributed by atoms with van der Waals surface area (Å²) >= 11 is 0. The Morgan fingerprint density at radius 1 is 0.722 bits per heavy atom. The third-order valence-electron chi connectivity index (χ3n) is 4.67. The third kappa shape index (κ3) is 6.72. The number of halogens is 1. The molecule has 0 bridgehead atoms. The Bertz CT molecular complexity index is 176. The SMILES string of the molecule is CCCCCCCCC[N+]1(CC)CCCCC1.[F-]. The number of nitrogens with zero attached hydrogens (tertiary/aromatic N) is 1. The molecule has 0 atom stereocenters. The fraction of sp³-hybridized carbons (Fsp3) is 1.00. The Morgan fingerprint density at radius 2 is 1.28 bits per heavy atom. The maximum absolute atomic E-state index is 2.40. The molecule has 1 heterocycles. The van der Waals surface area contributed by atoms with Crippen LogP contribution in [-0.4, -0.2) is 30.7 Å². The molecule has 110 valence electrons. The first kappa shape index (κ1) is 17.9. The molecule has 0 aromatic carbocycles. The highest BCUT2D eigenvalue weighted by molar-refractivity contribution is 4.54. The fourth-order valence-electron chi connectivity index (χ4n) is 3.29. The molecule has 1 fully saturated rings. The van der Waals surface area contributed by atoms with Gasteiger partial charge in [-0.15, -0.1) is 0 Å². The minimum Gasteiger partial charge on any atom is -1.00 e. The summed E-state index contributed by atoms with van der Waals surface area (Å²) in [7, 11) is 0. The molecule has 0 aromatic rings. The van der Waals surface area contributed by atoms with E-state index < -0.39 is 0 Å². The molecule has 1 nitrogen and oxygen atoms in total. The van der Waals surface area contributed by atoms with E-state index in [1.165, 1.54) is 94.9 Å². The van der Waals surface area contributed by atoms with E-state index >= 15 is 0 Å². The monoisotopic (exact) mass is 259 g/mol. The minimum absolute atomic E-state index is 0. The zero-order valence-electron chi connectivity index (χ0n) is 12.7. The van der Waals surface area contributed by atoms with Gasteiger partial charge in [0.05, 0.1) is 26.2 Å². The quantitative estimate of drug-likeness (QED) is 0.437. The Kier molecular flexibility index (Phi) is 10.7. The number of hydrogen-bond donors (Lipinski definition) is 0. The Hall–Kier alpha value is -0.110. The van der Waals surface area contributed by atoms with Crippen LogP contribution in [0.3, 0.4) is 0 Å². The molecule has 18 heavy (non-hydrogen) atoms. The van der Waals surface area contributed by atoms with Crippen LogP contribution < -0.4 is 4.70 Å². The lowest BCUT2D eigenvalue weighted by Crippen LogP contribution is -3.00. The van der Waals surface area contributed by atoms with Gasteiger partial charge in [-0.2, -0.15) is 0 Å². The highest BCUT2D eigenvalue weighted by Gasteiger charge is 2.26. The summed E-state index contributed by atoms with van der Waals surface area (Å²) in [6, 6.07) is 0. The molecule has 0 saturated carbocycles. The zero-order valence-corrected chi connectivity index (χ0v) is 12.7. The van der Waals surface area contributed by atoms with E-state index in [0.29, 0.717) is 0 Å². The summed E-state index contributed by atoms with van der Waals surface area (Å²) in [4.78, 5) is 0. The molecule has 0 amide bonds. The molecule has 1 rings (SSSR count). The molecule has 1 aliphatic rings. The molecule has 0 aromatic heterocycles. The van der Waals surface area contributed by atoms with E-state index in [0.717, 1.165) is 0 Å². The normalized spacial score (nSPS) is 18.3. The van der Waals surface area contributed by atoms with Crippen molar-refractivity contribution in [2.45, 2.75) is 78.1 Å². The standard InChI is InChI=1S/C16H34N.FH/c1-3-5-6-7-8-9-11-14-17(4-2)15-12-10-13-16-17;/h3-16H2,1-2H3;1H/q+1;/p-1. The van der Waals surface area contributed by atoms with Crippen molar-refractivity contribution in [2.75, 3.05) is 26.2 Å². The van der Waals surface area contributed by atoms with Crippen LogP contribution in [0.25, 0.3) is 0 Å². The maximum atomic E-state index is 2.40. The van der Waals surface area contributed by atoms with Crippen LogP contribution in [0.4, 0.5) is 0 Å². The van der Waals surface area contributed by atoms with Gasteiger partial charge in [-0.25, -0.2) is 0 Å². The van der Waals surface area contributed by atoms with Crippen molar-refractivity contribution < 1.29 is 9.19 Å². The van der Waals surface area contributed by atoms with E-state index in [2.05, 4.69) is 13.8 Å². The van der Waals surface area contributed by atoms with Gasteiger partial charge in [-0.05, 0) is 39.0 Å². The Morgan fingerprint density at radius 3 is 1.83 bits per heavy atom. The Labute approximate surface area is 114 Å². The molecule has 1 aliphatic heterocycles. The second kappa shape index (κ2) is 10.8. The number of hydrogen-bond acceptors (Lipinski definition) is 0. The molecule has 2 heteroatoms. The number of rotatable bonds is 9. The average Bonchev–Trinajstić information content (AvgIpc) is 2.39. The van der Waals surface area contributed by atoms with Crippen LogP contribution in [-0.2, 0) is 0 Å². The first-order chi connectivity index (χ1) is 8.33. The highest BCUT2D eigenvalue weighted by Crippen LogP contribution is 2.20. The van der Waals surface area contributed by atoms with Gasteiger partial charge in [0.1, 0.15) is 0 Å². The number of unbranched alkanes of at least 4 members (excludes halogenated alkanes) is 6. The van der Waals surface area contributed by atoms with Crippen LogP contribution in [0.1, 0.15) is 78.1 Å². The van der Waals surface area contributed by atoms with E-state index in [1.54, 1.807) is 0 Å². The summed E-state index contributed by atoms with van der Waals surface area (Å²) < 4.78 is 1.44. The lowest BCUT2D eigenvalue weighted by atomic mass is 10.0.